The zero-order valence-corrected chi connectivity index (χ0v) is 9.84. The van der Waals surface area contributed by atoms with Crippen molar-refractivity contribution < 1.29 is 19.0 Å². The smallest absolute Gasteiger partial charge is 0.325 e. The van der Waals surface area contributed by atoms with E-state index in [1.54, 1.807) is 13.8 Å². The van der Waals surface area contributed by atoms with E-state index >= 15 is 0 Å². The lowest BCUT2D eigenvalue weighted by Crippen LogP contribution is -2.41. The number of hydrogen-bond acceptors (Lipinski definition) is 7. The summed E-state index contributed by atoms with van der Waals surface area (Å²) >= 11 is 0. The summed E-state index contributed by atoms with van der Waals surface area (Å²) in [6.45, 7) is 3.33. The first-order valence-electron chi connectivity index (χ1n) is 4.93. The largest absolute Gasteiger partial charge is 0.468 e. The van der Waals surface area contributed by atoms with Crippen LogP contribution < -0.4 is 5.73 Å². The van der Waals surface area contributed by atoms with E-state index in [4.69, 9.17) is 5.73 Å². The monoisotopic (exact) mass is 242 g/mol. The summed E-state index contributed by atoms with van der Waals surface area (Å²) in [6, 6.07) is -0.210. The molecule has 2 N–H and O–H groups in total. The molecule has 0 aliphatic carbocycles. The Hall–Kier alpha value is -2.12. The van der Waals surface area contributed by atoms with Crippen LogP contribution in [0.5, 0.6) is 0 Å². The molecule has 8 heteroatoms. The van der Waals surface area contributed by atoms with E-state index in [1.165, 1.54) is 12.0 Å². The Morgan fingerprint density at radius 3 is 2.53 bits per heavy atom. The van der Waals surface area contributed by atoms with E-state index < -0.39 is 11.9 Å². The van der Waals surface area contributed by atoms with Crippen molar-refractivity contribution in [1.82, 2.24) is 15.2 Å². The molecular weight excluding hydrogens is 228 g/mol. The van der Waals surface area contributed by atoms with Gasteiger partial charge in [0.25, 0.3) is 5.91 Å². The van der Waals surface area contributed by atoms with Crippen LogP contribution in [0.3, 0.4) is 0 Å². The van der Waals surface area contributed by atoms with Crippen molar-refractivity contribution in [2.45, 2.75) is 19.9 Å². The first-order chi connectivity index (χ1) is 7.97. The van der Waals surface area contributed by atoms with Crippen LogP contribution in [0.1, 0.15) is 24.3 Å². The Balaban J connectivity index is 2.89. The fraction of sp³-hybridized carbons (Fsp3) is 0.556. The van der Waals surface area contributed by atoms with Gasteiger partial charge in [0.1, 0.15) is 6.54 Å². The molecule has 0 aliphatic rings. The van der Waals surface area contributed by atoms with E-state index in [0.29, 0.717) is 0 Å². The lowest BCUT2D eigenvalue weighted by Gasteiger charge is -2.24. The normalized spacial score (nSPS) is 10.4. The molecule has 1 heterocycles. The van der Waals surface area contributed by atoms with Crippen LogP contribution in [0.25, 0.3) is 0 Å². The number of ether oxygens (including phenoxy) is 1. The van der Waals surface area contributed by atoms with Crippen LogP contribution in [-0.2, 0) is 9.53 Å². The molecule has 1 rings (SSSR count). The van der Waals surface area contributed by atoms with Crippen LogP contribution in [0.15, 0.2) is 4.63 Å². The fourth-order valence-corrected chi connectivity index (χ4v) is 1.17. The molecule has 0 unspecified atom stereocenters. The highest BCUT2D eigenvalue weighted by Gasteiger charge is 2.26. The van der Waals surface area contributed by atoms with Crippen molar-refractivity contribution in [2.75, 3.05) is 19.4 Å². The Morgan fingerprint density at radius 1 is 1.47 bits per heavy atom. The van der Waals surface area contributed by atoms with E-state index in [0.717, 1.165) is 0 Å². The molecule has 0 bridgehead atoms. The van der Waals surface area contributed by atoms with E-state index in [9.17, 15) is 9.59 Å². The summed E-state index contributed by atoms with van der Waals surface area (Å²) in [4.78, 5) is 24.4. The second kappa shape index (κ2) is 5.28. The van der Waals surface area contributed by atoms with Crippen molar-refractivity contribution in [3.63, 3.8) is 0 Å². The minimum atomic E-state index is -0.526. The molecule has 0 saturated heterocycles. The molecular formula is C9H14N4O4. The van der Waals surface area contributed by atoms with Crippen LogP contribution in [-0.4, -0.2) is 46.8 Å². The number of esters is 1. The van der Waals surface area contributed by atoms with Gasteiger partial charge in [-0.15, -0.1) is 0 Å². The molecule has 1 amide bonds. The second-order valence-electron chi connectivity index (χ2n) is 3.60. The molecule has 0 atom stereocenters. The average Bonchev–Trinajstić information content (AvgIpc) is 2.70. The van der Waals surface area contributed by atoms with Crippen LogP contribution >= 0.6 is 0 Å². The zero-order chi connectivity index (χ0) is 13.0. The summed E-state index contributed by atoms with van der Waals surface area (Å²) in [5.41, 5.74) is 5.30. The maximum Gasteiger partial charge on any atom is 0.325 e. The zero-order valence-electron chi connectivity index (χ0n) is 9.84. The Bertz CT molecular complexity index is 415. The summed E-state index contributed by atoms with van der Waals surface area (Å²) in [5.74, 6) is -1.16. The quantitative estimate of drug-likeness (QED) is 0.719. The first-order valence-corrected chi connectivity index (χ1v) is 4.93. The highest BCUT2D eigenvalue weighted by Crippen LogP contribution is 2.11. The number of methoxy groups -OCH3 is 1. The van der Waals surface area contributed by atoms with Gasteiger partial charge in [-0.2, -0.15) is 0 Å². The Labute approximate surface area is 97.7 Å². The molecule has 0 fully saturated rings. The molecule has 94 valence electrons. The minimum Gasteiger partial charge on any atom is -0.468 e. The van der Waals surface area contributed by atoms with Gasteiger partial charge < -0.3 is 15.4 Å². The fourth-order valence-electron chi connectivity index (χ4n) is 1.17. The number of carbonyl (C=O) groups excluding carboxylic acids is 2. The predicted molar refractivity (Wildman–Crippen MR) is 56.9 cm³/mol. The van der Waals surface area contributed by atoms with Gasteiger partial charge in [0.15, 0.2) is 0 Å². The van der Waals surface area contributed by atoms with Crippen LogP contribution in [0.2, 0.25) is 0 Å². The van der Waals surface area contributed by atoms with E-state index in [-0.39, 0.29) is 24.1 Å². The number of nitrogen functional groups attached to an aromatic ring is 1. The third kappa shape index (κ3) is 2.92. The molecule has 0 spiro atoms. The summed E-state index contributed by atoms with van der Waals surface area (Å²) in [7, 11) is 1.25. The maximum absolute atomic E-state index is 12.0. The topological polar surface area (TPSA) is 112 Å². The van der Waals surface area contributed by atoms with Crippen molar-refractivity contribution >= 4 is 17.7 Å². The highest BCUT2D eigenvalue weighted by molar-refractivity contribution is 5.97. The van der Waals surface area contributed by atoms with Gasteiger partial charge in [-0.25, -0.2) is 4.63 Å². The van der Waals surface area contributed by atoms with Gasteiger partial charge in [0.2, 0.25) is 11.5 Å². The minimum absolute atomic E-state index is 0.106. The van der Waals surface area contributed by atoms with Gasteiger partial charge in [-0.1, -0.05) is 0 Å². The molecule has 8 nitrogen and oxygen atoms in total. The number of amides is 1. The number of nitrogens with two attached hydrogens (primary N) is 1. The summed E-state index contributed by atoms with van der Waals surface area (Å²) < 4.78 is 8.84. The summed E-state index contributed by atoms with van der Waals surface area (Å²) in [6.07, 6.45) is 0. The van der Waals surface area contributed by atoms with E-state index in [2.05, 4.69) is 19.7 Å². The maximum atomic E-state index is 12.0. The van der Waals surface area contributed by atoms with Crippen molar-refractivity contribution in [3.05, 3.63) is 5.69 Å². The standard InChI is InChI=1S/C9H14N4O4/c1-5(2)13(4-6(14)16-3)9(15)7-8(10)12-17-11-7/h5H,4H2,1-3H3,(H2,10,12). The van der Waals surface area contributed by atoms with Gasteiger partial charge in [-0.3, -0.25) is 9.59 Å². The van der Waals surface area contributed by atoms with Crippen LogP contribution in [0.4, 0.5) is 5.82 Å². The number of aromatic nitrogens is 2. The molecule has 0 aromatic carbocycles. The number of rotatable bonds is 4. The number of anilines is 1. The molecule has 17 heavy (non-hydrogen) atoms. The molecule has 0 saturated carbocycles. The number of carbonyl (C=O) groups is 2. The number of nitrogens with zero attached hydrogens (tertiary/aromatic N) is 3. The first kappa shape index (κ1) is 12.9. The summed E-state index contributed by atoms with van der Waals surface area (Å²) in [5, 5.41) is 6.70. The molecule has 0 aliphatic heterocycles. The van der Waals surface area contributed by atoms with Gasteiger partial charge >= 0.3 is 5.97 Å². The lowest BCUT2D eigenvalue weighted by atomic mass is 10.2. The highest BCUT2D eigenvalue weighted by atomic mass is 16.6. The molecule has 1 aromatic rings. The third-order valence-electron chi connectivity index (χ3n) is 2.13. The van der Waals surface area contributed by atoms with Crippen molar-refractivity contribution in [1.29, 1.82) is 0 Å². The molecule has 0 radical (unpaired) electrons. The van der Waals surface area contributed by atoms with Crippen molar-refractivity contribution in [3.8, 4) is 0 Å². The number of hydrogen-bond donors (Lipinski definition) is 1. The SMILES string of the molecule is COC(=O)CN(C(=O)c1nonc1N)C(C)C. The second-order valence-corrected chi connectivity index (χ2v) is 3.60. The van der Waals surface area contributed by atoms with Gasteiger partial charge in [0, 0.05) is 6.04 Å². The van der Waals surface area contributed by atoms with Crippen molar-refractivity contribution in [2.24, 2.45) is 0 Å². The van der Waals surface area contributed by atoms with E-state index in [1.807, 2.05) is 0 Å². The lowest BCUT2D eigenvalue weighted by molar-refractivity contribution is -0.141. The van der Waals surface area contributed by atoms with Gasteiger partial charge in [0.05, 0.1) is 7.11 Å². The predicted octanol–water partition coefficient (Wildman–Crippen LogP) is -0.325. The van der Waals surface area contributed by atoms with Gasteiger partial charge in [-0.05, 0) is 24.2 Å². The van der Waals surface area contributed by atoms with Crippen LogP contribution in [0, 0.1) is 0 Å². The third-order valence-corrected chi connectivity index (χ3v) is 2.13. The average molecular weight is 242 g/mol. The Kier molecular flexibility index (Phi) is 4.02. The molecule has 1 aromatic heterocycles. The Morgan fingerprint density at radius 2 is 2.12 bits per heavy atom.